The van der Waals surface area contributed by atoms with Crippen LogP contribution in [0, 0.1) is 0 Å². The van der Waals surface area contributed by atoms with E-state index in [1.807, 2.05) is 30.5 Å². The molecule has 0 saturated carbocycles. The van der Waals surface area contributed by atoms with Gasteiger partial charge in [0.25, 0.3) is 5.91 Å². The van der Waals surface area contributed by atoms with Crippen LogP contribution >= 0.6 is 11.8 Å². The number of methoxy groups -OCH3 is 1. The first-order valence-corrected chi connectivity index (χ1v) is 10.9. The summed E-state index contributed by atoms with van der Waals surface area (Å²) in [5.74, 6) is 0.253. The third-order valence-electron chi connectivity index (χ3n) is 5.07. The smallest absolute Gasteiger partial charge is 0.328 e. The van der Waals surface area contributed by atoms with E-state index in [0.717, 1.165) is 16.7 Å². The van der Waals surface area contributed by atoms with Gasteiger partial charge in [-0.3, -0.25) is 4.79 Å². The molecule has 156 valence electrons. The number of aromatic nitrogens is 1. The largest absolute Gasteiger partial charge is 0.467 e. The minimum Gasteiger partial charge on any atom is -0.467 e. The molecule has 2 N–H and O–H groups in total. The first kappa shape index (κ1) is 21.0. The predicted molar refractivity (Wildman–Crippen MR) is 113 cm³/mol. The summed E-state index contributed by atoms with van der Waals surface area (Å²) in [7, 11) is 1.32. The molecule has 0 aliphatic carbocycles. The Morgan fingerprint density at radius 3 is 2.55 bits per heavy atom. The van der Waals surface area contributed by atoms with Crippen molar-refractivity contribution in [3.05, 3.63) is 36.0 Å². The fourth-order valence-corrected chi connectivity index (χ4v) is 3.87. The molecule has 1 fully saturated rings. The van der Waals surface area contributed by atoms with Crippen molar-refractivity contribution < 1.29 is 19.1 Å². The van der Waals surface area contributed by atoms with Gasteiger partial charge in [0.05, 0.1) is 12.7 Å². The monoisotopic (exact) mass is 418 g/mol. The van der Waals surface area contributed by atoms with Crippen molar-refractivity contribution in [1.82, 2.24) is 20.1 Å². The van der Waals surface area contributed by atoms with Crippen LogP contribution < -0.4 is 5.32 Å². The van der Waals surface area contributed by atoms with Crippen LogP contribution in [0.2, 0.25) is 0 Å². The highest BCUT2D eigenvalue weighted by molar-refractivity contribution is 7.98. The second-order valence-corrected chi connectivity index (χ2v) is 7.82. The Kier molecular flexibility index (Phi) is 7.03. The fourth-order valence-electron chi connectivity index (χ4n) is 3.40. The van der Waals surface area contributed by atoms with E-state index in [2.05, 4.69) is 10.3 Å². The molecular formula is C20H26N4O4S. The Hall–Kier alpha value is -2.68. The van der Waals surface area contributed by atoms with Crippen molar-refractivity contribution in [2.45, 2.75) is 12.5 Å². The van der Waals surface area contributed by atoms with Crippen molar-refractivity contribution >= 4 is 40.6 Å². The molecular weight excluding hydrogens is 392 g/mol. The molecule has 8 nitrogen and oxygen atoms in total. The number of benzene rings is 1. The van der Waals surface area contributed by atoms with E-state index in [9.17, 15) is 14.4 Å². The van der Waals surface area contributed by atoms with Gasteiger partial charge in [0.1, 0.15) is 6.04 Å². The number of hydrogen-bond acceptors (Lipinski definition) is 5. The lowest BCUT2D eigenvalue weighted by Gasteiger charge is -2.35. The van der Waals surface area contributed by atoms with E-state index in [-0.39, 0.29) is 11.9 Å². The van der Waals surface area contributed by atoms with Gasteiger partial charge >= 0.3 is 12.0 Å². The number of rotatable bonds is 6. The zero-order valence-corrected chi connectivity index (χ0v) is 17.5. The number of amides is 3. The number of carbonyl (C=O) groups excluding carboxylic acids is 3. The van der Waals surface area contributed by atoms with Crippen LogP contribution in [0.1, 0.15) is 16.8 Å². The molecule has 1 atom stereocenters. The molecule has 0 radical (unpaired) electrons. The number of esters is 1. The Labute approximate surface area is 173 Å². The number of aromatic amines is 1. The van der Waals surface area contributed by atoms with Gasteiger partial charge in [-0.2, -0.15) is 11.8 Å². The number of nitrogens with zero attached hydrogens (tertiary/aromatic N) is 2. The van der Waals surface area contributed by atoms with Crippen molar-refractivity contribution in [1.29, 1.82) is 0 Å². The van der Waals surface area contributed by atoms with Crippen LogP contribution in [-0.2, 0) is 9.53 Å². The molecule has 1 aliphatic heterocycles. The number of H-pyrrole nitrogens is 1. The third kappa shape index (κ3) is 4.84. The number of fused-ring (bicyclic) bond motifs is 1. The molecule has 1 aromatic heterocycles. The number of ether oxygens (including phenoxy) is 1. The first-order valence-electron chi connectivity index (χ1n) is 9.52. The Bertz CT molecular complexity index is 876. The molecule has 1 saturated heterocycles. The zero-order chi connectivity index (χ0) is 20.8. The van der Waals surface area contributed by atoms with Gasteiger partial charge in [0.15, 0.2) is 0 Å². The summed E-state index contributed by atoms with van der Waals surface area (Å²) in [6.45, 7) is 1.71. The highest BCUT2D eigenvalue weighted by Crippen LogP contribution is 2.20. The number of urea groups is 1. The quantitative estimate of drug-likeness (QED) is 0.699. The minimum atomic E-state index is -0.661. The number of piperazine rings is 1. The van der Waals surface area contributed by atoms with E-state index in [4.69, 9.17) is 4.74 Å². The number of carbonyl (C=O) groups is 3. The molecule has 2 aromatic rings. The topological polar surface area (TPSA) is 94.7 Å². The van der Waals surface area contributed by atoms with Gasteiger partial charge in [-0.1, -0.05) is 18.2 Å². The lowest BCUT2D eigenvalue weighted by atomic mass is 10.1. The van der Waals surface area contributed by atoms with Gasteiger partial charge in [0.2, 0.25) is 0 Å². The summed E-state index contributed by atoms with van der Waals surface area (Å²) < 4.78 is 4.79. The average molecular weight is 419 g/mol. The van der Waals surface area contributed by atoms with E-state index < -0.39 is 12.0 Å². The molecule has 9 heteroatoms. The van der Waals surface area contributed by atoms with Gasteiger partial charge in [-0.25, -0.2) is 9.59 Å². The van der Waals surface area contributed by atoms with Gasteiger partial charge in [-0.15, -0.1) is 0 Å². The molecule has 0 bridgehead atoms. The third-order valence-corrected chi connectivity index (χ3v) is 5.71. The molecule has 0 unspecified atom stereocenters. The maximum Gasteiger partial charge on any atom is 0.328 e. The van der Waals surface area contributed by atoms with Crippen molar-refractivity contribution in [2.75, 3.05) is 45.3 Å². The molecule has 29 heavy (non-hydrogen) atoms. The van der Waals surface area contributed by atoms with E-state index in [0.29, 0.717) is 38.2 Å². The standard InChI is InChI=1S/C20H26N4O4S/c1-28-19(26)17(7-12-29-2)22-20(27)24-10-8-23(9-11-24)18(25)15-13-21-16-6-4-3-5-14(15)16/h3-6,13,17,21H,7-12H2,1-2H3,(H,22,27)/t17-/m0/s1. The molecule has 0 spiro atoms. The highest BCUT2D eigenvalue weighted by Gasteiger charge is 2.28. The van der Waals surface area contributed by atoms with Crippen molar-refractivity contribution in [2.24, 2.45) is 0 Å². The maximum atomic E-state index is 12.9. The van der Waals surface area contributed by atoms with Gasteiger partial charge in [-0.05, 0) is 24.5 Å². The molecule has 1 aromatic carbocycles. The fraction of sp³-hybridized carbons (Fsp3) is 0.450. The summed E-state index contributed by atoms with van der Waals surface area (Å²) in [4.78, 5) is 43.9. The van der Waals surface area contributed by atoms with Crippen molar-refractivity contribution in [3.63, 3.8) is 0 Å². The number of thioether (sulfide) groups is 1. The zero-order valence-electron chi connectivity index (χ0n) is 16.6. The normalized spacial score (nSPS) is 15.2. The predicted octanol–water partition coefficient (Wildman–Crippen LogP) is 1.93. The number of hydrogen-bond donors (Lipinski definition) is 2. The molecule has 3 amide bonds. The first-order chi connectivity index (χ1) is 14.0. The van der Waals surface area contributed by atoms with Crippen LogP contribution in [0.5, 0.6) is 0 Å². The average Bonchev–Trinajstić information content (AvgIpc) is 3.19. The Morgan fingerprint density at radius 2 is 1.86 bits per heavy atom. The molecule has 1 aliphatic rings. The lowest BCUT2D eigenvalue weighted by Crippen LogP contribution is -2.55. The van der Waals surface area contributed by atoms with Crippen LogP contribution in [-0.4, -0.2) is 84.0 Å². The second kappa shape index (κ2) is 9.69. The summed E-state index contributed by atoms with van der Waals surface area (Å²) in [5.41, 5.74) is 1.56. The summed E-state index contributed by atoms with van der Waals surface area (Å²) in [6, 6.07) is 6.72. The minimum absolute atomic E-state index is 0.0464. The van der Waals surface area contributed by atoms with E-state index >= 15 is 0 Å². The van der Waals surface area contributed by atoms with Gasteiger partial charge in [0, 0.05) is 43.3 Å². The SMILES string of the molecule is COC(=O)[C@H](CCSC)NC(=O)N1CCN(C(=O)c2c[nH]c3ccccc23)CC1. The number of para-hydroxylation sites is 1. The summed E-state index contributed by atoms with van der Waals surface area (Å²) in [5, 5.41) is 3.65. The van der Waals surface area contributed by atoms with Crippen molar-refractivity contribution in [3.8, 4) is 0 Å². The lowest BCUT2D eigenvalue weighted by molar-refractivity contribution is -0.142. The summed E-state index contributed by atoms with van der Waals surface area (Å²) >= 11 is 1.60. The molecule has 2 heterocycles. The van der Waals surface area contributed by atoms with Crippen LogP contribution in [0.15, 0.2) is 30.5 Å². The van der Waals surface area contributed by atoms with Crippen LogP contribution in [0.4, 0.5) is 4.79 Å². The van der Waals surface area contributed by atoms with Crippen LogP contribution in [0.25, 0.3) is 10.9 Å². The van der Waals surface area contributed by atoms with Crippen LogP contribution in [0.3, 0.4) is 0 Å². The highest BCUT2D eigenvalue weighted by atomic mass is 32.2. The van der Waals surface area contributed by atoms with E-state index in [1.165, 1.54) is 7.11 Å². The maximum absolute atomic E-state index is 12.9. The number of nitrogens with one attached hydrogen (secondary N) is 2. The summed E-state index contributed by atoms with van der Waals surface area (Å²) in [6.07, 6.45) is 4.19. The van der Waals surface area contributed by atoms with Gasteiger partial charge < -0.3 is 24.8 Å². The second-order valence-electron chi connectivity index (χ2n) is 6.83. The van der Waals surface area contributed by atoms with E-state index in [1.54, 1.807) is 27.8 Å². The Morgan fingerprint density at radius 1 is 1.17 bits per heavy atom. The Balaban J connectivity index is 1.57. The molecule has 3 rings (SSSR count).